The molecule has 1 aliphatic heterocycles. The summed E-state index contributed by atoms with van der Waals surface area (Å²) in [5.41, 5.74) is 0.492. The van der Waals surface area contributed by atoms with E-state index in [-0.39, 0.29) is 18.1 Å². The molecule has 5 nitrogen and oxygen atoms in total. The minimum atomic E-state index is -0.130. The predicted molar refractivity (Wildman–Crippen MR) is 101 cm³/mol. The minimum absolute atomic E-state index is 0.00809. The Balaban J connectivity index is 2.17. The van der Waals surface area contributed by atoms with Crippen LogP contribution in [0.4, 0.5) is 0 Å². The number of carbonyl (C=O) groups is 1. The van der Waals surface area contributed by atoms with Gasteiger partial charge in [-0.15, -0.1) is 0 Å². The molecule has 1 fully saturated rings. The molecule has 5 heteroatoms. The summed E-state index contributed by atoms with van der Waals surface area (Å²) >= 11 is 0. The number of likely N-dealkylation sites (N-methyl/N-ethyl adjacent to an activating group) is 1. The van der Waals surface area contributed by atoms with Gasteiger partial charge >= 0.3 is 0 Å². The lowest BCUT2D eigenvalue weighted by atomic mass is 10.1. The Kier molecular flexibility index (Phi) is 7.12. The smallest absolute Gasteiger partial charge is 0.258 e. The van der Waals surface area contributed by atoms with Crippen molar-refractivity contribution in [3.05, 3.63) is 23.8 Å². The highest BCUT2D eigenvalue weighted by Gasteiger charge is 2.25. The zero-order valence-electron chi connectivity index (χ0n) is 16.2. The molecule has 140 valence electrons. The molecule has 25 heavy (non-hydrogen) atoms. The van der Waals surface area contributed by atoms with Crippen molar-refractivity contribution in [2.75, 3.05) is 19.6 Å². The van der Waals surface area contributed by atoms with Gasteiger partial charge in [-0.3, -0.25) is 9.69 Å². The molecule has 1 aliphatic rings. The molecule has 1 unspecified atom stereocenters. The quantitative estimate of drug-likeness (QED) is 0.781. The van der Waals surface area contributed by atoms with Crippen molar-refractivity contribution < 1.29 is 14.3 Å². The highest BCUT2D eigenvalue weighted by atomic mass is 16.5. The fourth-order valence-corrected chi connectivity index (χ4v) is 3.28. The first-order valence-electron chi connectivity index (χ1n) is 9.41. The van der Waals surface area contributed by atoms with Gasteiger partial charge in [0.15, 0.2) is 0 Å². The molecule has 1 N–H and O–H groups in total. The number of carbonyl (C=O) groups excluding carboxylic acids is 1. The van der Waals surface area contributed by atoms with Gasteiger partial charge in [-0.05, 0) is 65.8 Å². The van der Waals surface area contributed by atoms with Crippen molar-refractivity contribution in [1.29, 1.82) is 0 Å². The van der Waals surface area contributed by atoms with Gasteiger partial charge in [0.1, 0.15) is 17.1 Å². The van der Waals surface area contributed by atoms with Gasteiger partial charge in [0, 0.05) is 12.6 Å². The third-order valence-electron chi connectivity index (χ3n) is 4.34. The molecule has 0 aliphatic carbocycles. The zero-order valence-corrected chi connectivity index (χ0v) is 16.2. The second-order valence-corrected chi connectivity index (χ2v) is 7.10. The summed E-state index contributed by atoms with van der Waals surface area (Å²) < 4.78 is 11.7. The third kappa shape index (κ3) is 5.36. The molecule has 1 aromatic carbocycles. The average Bonchev–Trinajstić information content (AvgIpc) is 2.99. The summed E-state index contributed by atoms with van der Waals surface area (Å²) in [6.45, 7) is 12.8. The van der Waals surface area contributed by atoms with Gasteiger partial charge in [0.2, 0.25) is 0 Å². The van der Waals surface area contributed by atoms with Gasteiger partial charge in [-0.2, -0.15) is 0 Å². The number of rotatable bonds is 8. The second kappa shape index (κ2) is 9.09. The summed E-state index contributed by atoms with van der Waals surface area (Å²) in [6, 6.07) is 5.94. The highest BCUT2D eigenvalue weighted by molar-refractivity contribution is 5.99. The molecule has 0 spiro atoms. The Bertz CT molecular complexity index is 544. The van der Waals surface area contributed by atoms with Crippen molar-refractivity contribution in [2.24, 2.45) is 0 Å². The van der Waals surface area contributed by atoms with Crippen LogP contribution in [0, 0.1) is 0 Å². The second-order valence-electron chi connectivity index (χ2n) is 7.10. The number of benzene rings is 1. The van der Waals surface area contributed by atoms with E-state index in [9.17, 15) is 4.79 Å². The molecular weight excluding hydrogens is 316 g/mol. The normalized spacial score (nSPS) is 18.0. The summed E-state index contributed by atoms with van der Waals surface area (Å²) in [7, 11) is 0. The van der Waals surface area contributed by atoms with Crippen LogP contribution >= 0.6 is 0 Å². The van der Waals surface area contributed by atoms with Crippen molar-refractivity contribution in [3.63, 3.8) is 0 Å². The van der Waals surface area contributed by atoms with Crippen LogP contribution in [0.25, 0.3) is 0 Å². The third-order valence-corrected chi connectivity index (χ3v) is 4.34. The maximum absolute atomic E-state index is 12.9. The summed E-state index contributed by atoms with van der Waals surface area (Å²) in [5, 5.41) is 3.09. The SMILES string of the molecule is CCN1CCCC1CNC(=O)c1c(OC(C)C)cccc1OC(C)C. The van der Waals surface area contributed by atoms with E-state index < -0.39 is 0 Å². The summed E-state index contributed by atoms with van der Waals surface area (Å²) in [6.07, 6.45) is 2.31. The van der Waals surface area contributed by atoms with Gasteiger partial charge in [-0.1, -0.05) is 13.0 Å². The van der Waals surface area contributed by atoms with Crippen LogP contribution in [-0.4, -0.2) is 48.7 Å². The lowest BCUT2D eigenvalue weighted by Gasteiger charge is -2.24. The Labute approximate surface area is 151 Å². The molecule has 1 amide bonds. The molecule has 0 aromatic heterocycles. The van der Waals surface area contributed by atoms with Gasteiger partial charge in [0.05, 0.1) is 12.2 Å². The number of nitrogens with zero attached hydrogens (tertiary/aromatic N) is 1. The van der Waals surface area contributed by atoms with E-state index in [2.05, 4.69) is 17.1 Å². The monoisotopic (exact) mass is 348 g/mol. The maximum Gasteiger partial charge on any atom is 0.258 e. The van der Waals surface area contributed by atoms with Crippen LogP contribution in [0.5, 0.6) is 11.5 Å². The first-order valence-corrected chi connectivity index (χ1v) is 9.41. The molecule has 1 heterocycles. The standard InChI is InChI=1S/C20H32N2O3/c1-6-22-12-8-9-16(22)13-21-20(23)19-17(24-14(2)3)10-7-11-18(19)25-15(4)5/h7,10-11,14-16H,6,8-9,12-13H2,1-5H3,(H,21,23). The van der Waals surface area contributed by atoms with E-state index in [1.54, 1.807) is 0 Å². The molecular formula is C20H32N2O3. The molecule has 0 radical (unpaired) electrons. The van der Waals surface area contributed by atoms with E-state index >= 15 is 0 Å². The van der Waals surface area contributed by atoms with Crippen LogP contribution in [-0.2, 0) is 0 Å². The maximum atomic E-state index is 12.9. The fourth-order valence-electron chi connectivity index (χ4n) is 3.28. The Hall–Kier alpha value is -1.75. The van der Waals surface area contributed by atoms with Crippen molar-refractivity contribution in [3.8, 4) is 11.5 Å². The van der Waals surface area contributed by atoms with E-state index in [1.165, 1.54) is 6.42 Å². The first kappa shape index (κ1) is 19.6. The Morgan fingerprint density at radius 1 is 1.20 bits per heavy atom. The number of hydrogen-bond donors (Lipinski definition) is 1. The van der Waals surface area contributed by atoms with Crippen molar-refractivity contribution in [1.82, 2.24) is 10.2 Å². The van der Waals surface area contributed by atoms with Crippen LogP contribution in [0.2, 0.25) is 0 Å². The topological polar surface area (TPSA) is 50.8 Å². The van der Waals surface area contributed by atoms with Gasteiger partial charge in [0.25, 0.3) is 5.91 Å². The van der Waals surface area contributed by atoms with Gasteiger partial charge < -0.3 is 14.8 Å². The summed E-state index contributed by atoms with van der Waals surface area (Å²) in [5.74, 6) is 1.02. The van der Waals surface area contributed by atoms with Crippen LogP contribution in [0.15, 0.2) is 18.2 Å². The zero-order chi connectivity index (χ0) is 18.4. The molecule has 1 aromatic rings. The number of amides is 1. The number of ether oxygens (including phenoxy) is 2. The molecule has 1 saturated heterocycles. The van der Waals surface area contributed by atoms with Crippen molar-refractivity contribution >= 4 is 5.91 Å². The van der Waals surface area contributed by atoms with E-state index in [1.807, 2.05) is 45.9 Å². The molecule has 0 bridgehead atoms. The first-order chi connectivity index (χ1) is 11.9. The molecule has 1 atom stereocenters. The van der Waals surface area contributed by atoms with Crippen LogP contribution in [0.3, 0.4) is 0 Å². The number of nitrogens with one attached hydrogen (secondary N) is 1. The van der Waals surface area contributed by atoms with E-state index in [0.717, 1.165) is 19.5 Å². The Morgan fingerprint density at radius 2 is 1.80 bits per heavy atom. The molecule has 2 rings (SSSR count). The Morgan fingerprint density at radius 3 is 2.32 bits per heavy atom. The average molecular weight is 348 g/mol. The highest BCUT2D eigenvalue weighted by Crippen LogP contribution is 2.30. The minimum Gasteiger partial charge on any atom is -0.490 e. The lowest BCUT2D eigenvalue weighted by Crippen LogP contribution is -2.40. The van der Waals surface area contributed by atoms with E-state index in [0.29, 0.717) is 29.6 Å². The van der Waals surface area contributed by atoms with E-state index in [4.69, 9.17) is 9.47 Å². The van der Waals surface area contributed by atoms with Crippen LogP contribution in [0.1, 0.15) is 57.8 Å². The largest absolute Gasteiger partial charge is 0.490 e. The van der Waals surface area contributed by atoms with Crippen molar-refractivity contribution in [2.45, 2.75) is 65.7 Å². The predicted octanol–water partition coefficient (Wildman–Crippen LogP) is 3.48. The molecule has 0 saturated carbocycles. The van der Waals surface area contributed by atoms with Crippen LogP contribution < -0.4 is 14.8 Å². The fraction of sp³-hybridized carbons (Fsp3) is 0.650. The number of hydrogen-bond acceptors (Lipinski definition) is 4. The van der Waals surface area contributed by atoms with Gasteiger partial charge in [-0.25, -0.2) is 0 Å². The lowest BCUT2D eigenvalue weighted by molar-refractivity contribution is 0.0929. The number of likely N-dealkylation sites (tertiary alicyclic amines) is 1. The summed E-state index contributed by atoms with van der Waals surface area (Å²) in [4.78, 5) is 15.3.